The number of carbonyl (C=O) groups is 2. The third kappa shape index (κ3) is 1.43. The van der Waals surface area contributed by atoms with E-state index in [2.05, 4.69) is 20.8 Å². The first kappa shape index (κ1) is 13.2. The van der Waals surface area contributed by atoms with Crippen LogP contribution in [0.2, 0.25) is 0 Å². The van der Waals surface area contributed by atoms with Crippen LogP contribution in [0.1, 0.15) is 72.7 Å². The van der Waals surface area contributed by atoms with E-state index in [-0.39, 0.29) is 17.0 Å². The number of fused-ring (bicyclic) bond motifs is 1. The Hall–Kier alpha value is -1.48. The third-order valence-corrected chi connectivity index (χ3v) is 5.38. The first-order chi connectivity index (χ1) is 9.82. The maximum Gasteiger partial charge on any atom is 0.198 e. The van der Waals surface area contributed by atoms with Gasteiger partial charge in [0.2, 0.25) is 0 Å². The van der Waals surface area contributed by atoms with Crippen LogP contribution in [0.25, 0.3) is 0 Å². The second kappa shape index (κ2) is 3.64. The van der Waals surface area contributed by atoms with Crippen molar-refractivity contribution in [3.63, 3.8) is 0 Å². The van der Waals surface area contributed by atoms with Crippen LogP contribution in [0, 0.1) is 0 Å². The average Bonchev–Trinajstić information content (AvgIpc) is 3.15. The number of carbonyl (C=O) groups excluding carboxylic acids is 2. The van der Waals surface area contributed by atoms with Gasteiger partial charge in [0.15, 0.2) is 22.8 Å². The van der Waals surface area contributed by atoms with E-state index in [1.165, 1.54) is 0 Å². The third-order valence-electron chi connectivity index (χ3n) is 5.38. The highest BCUT2D eigenvalue weighted by molar-refractivity contribution is 6.25. The average molecular weight is 284 g/mol. The Bertz CT molecular complexity index is 682. The molecule has 0 bridgehead atoms. The lowest BCUT2D eigenvalue weighted by Gasteiger charge is -2.29. The van der Waals surface area contributed by atoms with Crippen LogP contribution < -0.4 is 0 Å². The molecule has 1 aromatic rings. The van der Waals surface area contributed by atoms with Crippen LogP contribution in [0.4, 0.5) is 0 Å². The summed E-state index contributed by atoms with van der Waals surface area (Å²) in [5, 5.41) is 0. The molecule has 0 radical (unpaired) electrons. The Labute approximate surface area is 124 Å². The van der Waals surface area contributed by atoms with E-state index in [1.54, 1.807) is 0 Å². The molecule has 2 unspecified atom stereocenters. The fourth-order valence-electron chi connectivity index (χ4n) is 4.04. The molecular weight excluding hydrogens is 264 g/mol. The van der Waals surface area contributed by atoms with Gasteiger partial charge in [-0.3, -0.25) is 9.59 Å². The number of ether oxygens (including phenoxy) is 1. The van der Waals surface area contributed by atoms with Gasteiger partial charge in [-0.2, -0.15) is 0 Å². The Morgan fingerprint density at radius 3 is 2.10 bits per heavy atom. The highest BCUT2D eigenvalue weighted by Gasteiger charge is 2.80. The van der Waals surface area contributed by atoms with Crippen molar-refractivity contribution in [1.29, 1.82) is 0 Å². The fourth-order valence-corrected chi connectivity index (χ4v) is 4.04. The van der Waals surface area contributed by atoms with Gasteiger partial charge in [0.05, 0.1) is 0 Å². The molecule has 4 rings (SSSR count). The number of benzene rings is 1. The molecule has 2 aliphatic carbocycles. The van der Waals surface area contributed by atoms with E-state index in [9.17, 15) is 9.59 Å². The summed E-state index contributed by atoms with van der Waals surface area (Å²) < 4.78 is 5.85. The van der Waals surface area contributed by atoms with Gasteiger partial charge in [0, 0.05) is 11.1 Å². The minimum Gasteiger partial charge on any atom is -0.345 e. The molecule has 3 heteroatoms. The molecule has 1 saturated heterocycles. The lowest BCUT2D eigenvalue weighted by atomic mass is 9.67. The van der Waals surface area contributed by atoms with Gasteiger partial charge in [0.25, 0.3) is 0 Å². The number of epoxide rings is 1. The SMILES string of the molecule is CC(C)(C)c1ccc2c(c1)C(=O)C13CCCCC1(O3)C2=O. The summed E-state index contributed by atoms with van der Waals surface area (Å²) >= 11 is 0. The molecule has 0 N–H and O–H groups in total. The first-order valence-corrected chi connectivity index (χ1v) is 7.76. The second-order valence-electron chi connectivity index (χ2n) is 7.63. The zero-order valence-corrected chi connectivity index (χ0v) is 12.8. The highest BCUT2D eigenvalue weighted by Crippen LogP contribution is 2.62. The number of hydrogen-bond donors (Lipinski definition) is 0. The molecule has 2 fully saturated rings. The number of Topliss-reactive ketones (excluding diaryl/α,β-unsaturated/α-hetero) is 2. The Balaban J connectivity index is 1.90. The summed E-state index contributed by atoms with van der Waals surface area (Å²) in [5.74, 6) is 0.0557. The number of rotatable bonds is 0. The smallest absolute Gasteiger partial charge is 0.198 e. The Morgan fingerprint density at radius 1 is 0.952 bits per heavy atom. The summed E-state index contributed by atoms with van der Waals surface area (Å²) in [6, 6.07) is 5.70. The summed E-state index contributed by atoms with van der Waals surface area (Å²) in [6.45, 7) is 6.34. The molecule has 21 heavy (non-hydrogen) atoms. The van der Waals surface area contributed by atoms with Crippen molar-refractivity contribution in [2.24, 2.45) is 0 Å². The number of hydrogen-bond acceptors (Lipinski definition) is 3. The normalized spacial score (nSPS) is 34.0. The standard InChI is InChI=1S/C18H20O3/c1-16(2,3)11-6-7-12-13(10-11)15(20)18-9-5-4-8-17(18,21-18)14(12)19/h6-7,10H,4-5,8-9H2,1-3H3. The quantitative estimate of drug-likeness (QED) is 0.686. The van der Waals surface area contributed by atoms with Crippen molar-refractivity contribution in [3.8, 4) is 0 Å². The Kier molecular flexibility index (Phi) is 2.29. The van der Waals surface area contributed by atoms with Crippen molar-refractivity contribution in [2.45, 2.75) is 63.1 Å². The van der Waals surface area contributed by atoms with Gasteiger partial charge in [-0.05, 0) is 42.7 Å². The molecule has 0 spiro atoms. The molecule has 1 aliphatic heterocycles. The van der Waals surface area contributed by atoms with Gasteiger partial charge in [-0.15, -0.1) is 0 Å². The lowest BCUT2D eigenvalue weighted by molar-refractivity contribution is 0.0810. The maximum absolute atomic E-state index is 13.0. The van der Waals surface area contributed by atoms with Crippen LogP contribution in [-0.4, -0.2) is 22.8 Å². The molecule has 1 aromatic carbocycles. The van der Waals surface area contributed by atoms with Crippen LogP contribution in [-0.2, 0) is 10.2 Å². The van der Waals surface area contributed by atoms with E-state index >= 15 is 0 Å². The lowest BCUT2D eigenvalue weighted by Crippen LogP contribution is -2.47. The largest absolute Gasteiger partial charge is 0.345 e. The molecule has 1 heterocycles. The molecule has 1 saturated carbocycles. The van der Waals surface area contributed by atoms with Gasteiger partial charge in [-0.1, -0.05) is 32.9 Å². The van der Waals surface area contributed by atoms with Crippen LogP contribution in [0.3, 0.4) is 0 Å². The van der Waals surface area contributed by atoms with Gasteiger partial charge >= 0.3 is 0 Å². The molecular formula is C18H20O3. The van der Waals surface area contributed by atoms with Gasteiger partial charge < -0.3 is 4.74 Å². The van der Waals surface area contributed by atoms with E-state index < -0.39 is 11.2 Å². The molecule has 3 nitrogen and oxygen atoms in total. The van der Waals surface area contributed by atoms with E-state index in [0.29, 0.717) is 24.0 Å². The summed E-state index contributed by atoms with van der Waals surface area (Å²) in [4.78, 5) is 25.8. The van der Waals surface area contributed by atoms with E-state index in [1.807, 2.05) is 18.2 Å². The van der Waals surface area contributed by atoms with Crippen molar-refractivity contribution < 1.29 is 14.3 Å². The van der Waals surface area contributed by atoms with E-state index in [0.717, 1.165) is 18.4 Å². The van der Waals surface area contributed by atoms with Crippen molar-refractivity contribution in [2.75, 3.05) is 0 Å². The molecule has 0 aromatic heterocycles. The van der Waals surface area contributed by atoms with Crippen LogP contribution in [0.15, 0.2) is 18.2 Å². The maximum atomic E-state index is 13.0. The van der Waals surface area contributed by atoms with E-state index in [4.69, 9.17) is 4.74 Å². The predicted octanol–water partition coefficient (Wildman–Crippen LogP) is 3.44. The predicted molar refractivity (Wildman–Crippen MR) is 78.8 cm³/mol. The van der Waals surface area contributed by atoms with Crippen molar-refractivity contribution >= 4 is 11.6 Å². The fraction of sp³-hybridized carbons (Fsp3) is 0.556. The minimum atomic E-state index is -0.828. The topological polar surface area (TPSA) is 46.7 Å². The summed E-state index contributed by atoms with van der Waals surface area (Å²) in [5.41, 5.74) is 0.527. The van der Waals surface area contributed by atoms with Crippen LogP contribution in [0.5, 0.6) is 0 Å². The number of ketones is 2. The zero-order chi connectivity index (χ0) is 15.0. The van der Waals surface area contributed by atoms with Crippen molar-refractivity contribution in [3.05, 3.63) is 34.9 Å². The summed E-state index contributed by atoms with van der Waals surface area (Å²) in [6.07, 6.45) is 3.32. The molecule has 110 valence electrons. The van der Waals surface area contributed by atoms with Gasteiger partial charge in [0.1, 0.15) is 0 Å². The molecule has 2 atom stereocenters. The molecule has 0 amide bonds. The Morgan fingerprint density at radius 2 is 1.52 bits per heavy atom. The summed E-state index contributed by atoms with van der Waals surface area (Å²) in [7, 11) is 0. The van der Waals surface area contributed by atoms with Crippen LogP contribution >= 0.6 is 0 Å². The minimum absolute atomic E-state index is 0.0252. The monoisotopic (exact) mass is 284 g/mol. The first-order valence-electron chi connectivity index (χ1n) is 7.76. The van der Waals surface area contributed by atoms with Gasteiger partial charge in [-0.25, -0.2) is 0 Å². The highest BCUT2D eigenvalue weighted by atomic mass is 16.6. The molecule has 3 aliphatic rings. The second-order valence-corrected chi connectivity index (χ2v) is 7.63. The van der Waals surface area contributed by atoms with Crippen molar-refractivity contribution in [1.82, 2.24) is 0 Å². The zero-order valence-electron chi connectivity index (χ0n) is 12.8.